The number of carbonyl (C=O) groups is 1. The van der Waals surface area contributed by atoms with Crippen LogP contribution in [0.15, 0.2) is 71.6 Å². The molecule has 0 saturated carbocycles. The third kappa shape index (κ3) is 5.91. The lowest BCUT2D eigenvalue weighted by Gasteiger charge is -2.13. The molecule has 0 aromatic heterocycles. The van der Waals surface area contributed by atoms with Gasteiger partial charge in [0.1, 0.15) is 12.4 Å². The zero-order valence-electron chi connectivity index (χ0n) is 19.1. The van der Waals surface area contributed by atoms with Crippen molar-refractivity contribution in [2.75, 3.05) is 11.9 Å². The number of nitrogens with one attached hydrogen (secondary N) is 2. The van der Waals surface area contributed by atoms with Crippen molar-refractivity contribution >= 4 is 29.4 Å². The van der Waals surface area contributed by atoms with E-state index < -0.39 is 0 Å². The standard InChI is InChI=1S/C27H27FN2O3S/c1-3-18-9-12-21(13-10-18)29-27-30-26(31)25(34-27)16-19-11-14-23(24(15-19)32-4-2)33-17-20-7-5-6-8-22(20)28/h5-16,27,29H,3-4,17H2,1-2H3,(H,30,31)/b25-16-/t27-/m0/s1. The van der Waals surface area contributed by atoms with Crippen molar-refractivity contribution in [3.8, 4) is 11.5 Å². The van der Waals surface area contributed by atoms with Gasteiger partial charge in [0.25, 0.3) is 5.91 Å². The Balaban J connectivity index is 1.45. The van der Waals surface area contributed by atoms with E-state index in [-0.39, 0.29) is 23.8 Å². The number of amides is 1. The van der Waals surface area contributed by atoms with Crippen LogP contribution in [0.5, 0.6) is 11.5 Å². The highest BCUT2D eigenvalue weighted by atomic mass is 32.2. The van der Waals surface area contributed by atoms with Crippen LogP contribution < -0.4 is 20.1 Å². The number of halogens is 1. The fraction of sp³-hybridized carbons (Fsp3) is 0.222. The number of ether oxygens (including phenoxy) is 2. The van der Waals surface area contributed by atoms with Crippen LogP contribution in [0.1, 0.15) is 30.5 Å². The van der Waals surface area contributed by atoms with Gasteiger partial charge in [-0.3, -0.25) is 4.79 Å². The van der Waals surface area contributed by atoms with Gasteiger partial charge in [0.05, 0.1) is 11.5 Å². The van der Waals surface area contributed by atoms with E-state index in [9.17, 15) is 9.18 Å². The van der Waals surface area contributed by atoms with Crippen molar-refractivity contribution in [3.05, 3.63) is 94.1 Å². The first-order valence-corrected chi connectivity index (χ1v) is 12.1. The minimum absolute atomic E-state index is 0.0953. The van der Waals surface area contributed by atoms with Gasteiger partial charge in [-0.25, -0.2) is 4.39 Å². The SMILES string of the molecule is CCOc1cc(/C=C2\S[C@@H](Nc3ccc(CC)cc3)NC2=O)ccc1OCc1ccccc1F. The number of benzene rings is 3. The van der Waals surface area contributed by atoms with E-state index in [0.717, 1.165) is 17.7 Å². The second-order valence-electron chi connectivity index (χ2n) is 7.69. The molecule has 1 aliphatic rings. The molecule has 0 radical (unpaired) electrons. The molecule has 1 heterocycles. The summed E-state index contributed by atoms with van der Waals surface area (Å²) in [6.45, 7) is 4.55. The molecule has 0 aliphatic carbocycles. The zero-order chi connectivity index (χ0) is 23.9. The summed E-state index contributed by atoms with van der Waals surface area (Å²) in [6.07, 6.45) is 2.81. The van der Waals surface area contributed by atoms with Crippen LogP contribution in [0.3, 0.4) is 0 Å². The Morgan fingerprint density at radius 2 is 1.82 bits per heavy atom. The van der Waals surface area contributed by atoms with Crippen LogP contribution in [0, 0.1) is 5.82 Å². The molecule has 3 aromatic carbocycles. The van der Waals surface area contributed by atoms with E-state index >= 15 is 0 Å². The number of thioether (sulfide) groups is 1. The van der Waals surface area contributed by atoms with Crippen molar-refractivity contribution in [3.63, 3.8) is 0 Å². The number of aryl methyl sites for hydroxylation is 1. The smallest absolute Gasteiger partial charge is 0.260 e. The molecule has 2 N–H and O–H groups in total. The van der Waals surface area contributed by atoms with Crippen LogP contribution in [0.4, 0.5) is 10.1 Å². The Labute approximate surface area is 203 Å². The monoisotopic (exact) mass is 478 g/mol. The third-order valence-electron chi connectivity index (χ3n) is 5.30. The average Bonchev–Trinajstić information content (AvgIpc) is 3.18. The van der Waals surface area contributed by atoms with Crippen molar-refractivity contribution in [2.24, 2.45) is 0 Å². The van der Waals surface area contributed by atoms with E-state index in [1.807, 2.05) is 37.3 Å². The van der Waals surface area contributed by atoms with Crippen molar-refractivity contribution in [2.45, 2.75) is 32.4 Å². The second-order valence-corrected chi connectivity index (χ2v) is 8.84. The number of rotatable bonds is 9. The lowest BCUT2D eigenvalue weighted by atomic mass is 10.1. The predicted octanol–water partition coefficient (Wildman–Crippen LogP) is 5.97. The molecule has 0 spiro atoms. The first-order valence-electron chi connectivity index (χ1n) is 11.2. The van der Waals surface area contributed by atoms with E-state index in [2.05, 4.69) is 29.7 Å². The number of carbonyl (C=O) groups excluding carboxylic acids is 1. The molecule has 5 nitrogen and oxygen atoms in total. The minimum atomic E-state index is -0.310. The molecule has 4 rings (SSSR count). The number of hydrogen-bond donors (Lipinski definition) is 2. The van der Waals surface area contributed by atoms with Gasteiger partial charge in [-0.1, -0.05) is 55.1 Å². The molecule has 176 valence electrons. The predicted molar refractivity (Wildman–Crippen MR) is 135 cm³/mol. The molecule has 3 aromatic rings. The lowest BCUT2D eigenvalue weighted by molar-refractivity contribution is -0.116. The van der Waals surface area contributed by atoms with Crippen LogP contribution in [0.2, 0.25) is 0 Å². The third-order valence-corrected chi connectivity index (χ3v) is 6.33. The average molecular weight is 479 g/mol. The number of anilines is 1. The fourth-order valence-corrected chi connectivity index (χ4v) is 4.46. The van der Waals surface area contributed by atoms with E-state index in [1.165, 1.54) is 23.4 Å². The summed E-state index contributed by atoms with van der Waals surface area (Å²) < 4.78 is 25.5. The molecule has 1 fully saturated rings. The summed E-state index contributed by atoms with van der Waals surface area (Å²) >= 11 is 1.43. The molecule has 0 unspecified atom stereocenters. The molecule has 1 saturated heterocycles. The van der Waals surface area contributed by atoms with Crippen LogP contribution in [-0.4, -0.2) is 18.0 Å². The van der Waals surface area contributed by atoms with Crippen molar-refractivity contribution in [1.82, 2.24) is 5.32 Å². The van der Waals surface area contributed by atoms with Gasteiger partial charge in [-0.15, -0.1) is 0 Å². The quantitative estimate of drug-likeness (QED) is 0.371. The van der Waals surface area contributed by atoms with Gasteiger partial charge >= 0.3 is 0 Å². The molecular formula is C27H27FN2O3S. The van der Waals surface area contributed by atoms with Crippen LogP contribution in [0.25, 0.3) is 6.08 Å². The highest BCUT2D eigenvalue weighted by molar-refractivity contribution is 8.05. The topological polar surface area (TPSA) is 59.6 Å². The summed E-state index contributed by atoms with van der Waals surface area (Å²) in [5.41, 5.74) is 3.25. The first kappa shape index (κ1) is 23.7. The first-order chi connectivity index (χ1) is 16.6. The maximum Gasteiger partial charge on any atom is 0.260 e. The normalized spacial score (nSPS) is 16.4. The Bertz CT molecular complexity index is 1180. The Kier molecular flexibility index (Phi) is 7.75. The summed E-state index contributed by atoms with van der Waals surface area (Å²) in [5.74, 6) is 0.620. The number of hydrogen-bond acceptors (Lipinski definition) is 5. The maximum atomic E-state index is 13.9. The van der Waals surface area contributed by atoms with Gasteiger partial charge in [0.2, 0.25) is 0 Å². The van der Waals surface area contributed by atoms with Crippen molar-refractivity contribution < 1.29 is 18.7 Å². The Morgan fingerprint density at radius 1 is 1.03 bits per heavy atom. The molecular weight excluding hydrogens is 451 g/mol. The van der Waals surface area contributed by atoms with E-state index in [4.69, 9.17) is 9.47 Å². The molecule has 1 amide bonds. The molecule has 1 atom stereocenters. The molecule has 0 bridgehead atoms. The lowest BCUT2D eigenvalue weighted by Crippen LogP contribution is -2.30. The van der Waals surface area contributed by atoms with Gasteiger partial charge in [0, 0.05) is 11.3 Å². The van der Waals surface area contributed by atoms with Gasteiger partial charge < -0.3 is 20.1 Å². The zero-order valence-corrected chi connectivity index (χ0v) is 20.0. The van der Waals surface area contributed by atoms with Crippen LogP contribution in [-0.2, 0) is 17.8 Å². The maximum absolute atomic E-state index is 13.9. The highest BCUT2D eigenvalue weighted by Gasteiger charge is 2.27. The largest absolute Gasteiger partial charge is 0.490 e. The Hall–Kier alpha value is -3.45. The van der Waals surface area contributed by atoms with Gasteiger partial charge in [-0.2, -0.15) is 0 Å². The minimum Gasteiger partial charge on any atom is -0.490 e. The summed E-state index contributed by atoms with van der Waals surface area (Å²) in [4.78, 5) is 13.1. The summed E-state index contributed by atoms with van der Waals surface area (Å²) in [7, 11) is 0. The second kappa shape index (κ2) is 11.1. The summed E-state index contributed by atoms with van der Waals surface area (Å²) in [6, 6.07) is 20.1. The fourth-order valence-electron chi connectivity index (χ4n) is 3.48. The van der Waals surface area contributed by atoms with Gasteiger partial charge in [-0.05, 0) is 60.9 Å². The van der Waals surface area contributed by atoms with E-state index in [1.54, 1.807) is 24.3 Å². The van der Waals surface area contributed by atoms with Crippen LogP contribution >= 0.6 is 11.8 Å². The van der Waals surface area contributed by atoms with Gasteiger partial charge in [0.15, 0.2) is 17.0 Å². The highest BCUT2D eigenvalue weighted by Crippen LogP contribution is 2.34. The molecule has 34 heavy (non-hydrogen) atoms. The Morgan fingerprint density at radius 3 is 2.56 bits per heavy atom. The molecule has 7 heteroatoms. The summed E-state index contributed by atoms with van der Waals surface area (Å²) in [5, 5.41) is 6.28. The molecule has 1 aliphatic heterocycles. The van der Waals surface area contributed by atoms with E-state index in [0.29, 0.717) is 28.6 Å². The van der Waals surface area contributed by atoms with Crippen molar-refractivity contribution in [1.29, 1.82) is 0 Å².